The van der Waals surface area contributed by atoms with Crippen LogP contribution in [0.25, 0.3) is 0 Å². The van der Waals surface area contributed by atoms with E-state index in [1.807, 2.05) is 6.92 Å². The molecule has 1 aliphatic carbocycles. The maximum absolute atomic E-state index is 12.7. The second-order valence-electron chi connectivity index (χ2n) is 7.69. The molecule has 7 heteroatoms. The van der Waals surface area contributed by atoms with Gasteiger partial charge in [-0.3, -0.25) is 9.59 Å². The third kappa shape index (κ3) is 3.66. The first-order valence-corrected chi connectivity index (χ1v) is 9.51. The maximum Gasteiger partial charge on any atom is 0.325 e. The Kier molecular flexibility index (Phi) is 5.32. The highest BCUT2D eigenvalue weighted by Gasteiger charge is 2.54. The molecule has 0 radical (unpaired) electrons. The standard InChI is InChI=1S/C18H29N3O4/c1-12(7-8-14-6-5-11-25-14)19-15(22)13(2)21-16(23)18(20-17(21)24)9-3-4-10-18/h12-14H,3-11H2,1-2H3,(H,19,22)(H,20,24). The lowest BCUT2D eigenvalue weighted by atomic mass is 9.97. The SMILES string of the molecule is CC(CCC1CCCO1)NC(=O)C(C)N1C(=O)NC2(CCCC2)C1=O. The van der Waals surface area contributed by atoms with E-state index in [2.05, 4.69) is 10.6 Å². The molecule has 3 atom stereocenters. The summed E-state index contributed by atoms with van der Waals surface area (Å²) in [6.07, 6.45) is 7.43. The summed E-state index contributed by atoms with van der Waals surface area (Å²) < 4.78 is 5.60. The van der Waals surface area contributed by atoms with Crippen molar-refractivity contribution in [1.29, 1.82) is 0 Å². The number of rotatable bonds is 6. The highest BCUT2D eigenvalue weighted by atomic mass is 16.5. The fraction of sp³-hybridized carbons (Fsp3) is 0.833. The number of amides is 4. The minimum atomic E-state index is -0.794. The Morgan fingerprint density at radius 2 is 2.04 bits per heavy atom. The molecule has 1 spiro atoms. The summed E-state index contributed by atoms with van der Waals surface area (Å²) in [6, 6.07) is -1.25. The van der Waals surface area contributed by atoms with E-state index in [4.69, 9.17) is 4.74 Å². The lowest BCUT2D eigenvalue weighted by Crippen LogP contribution is -2.51. The molecule has 3 aliphatic rings. The van der Waals surface area contributed by atoms with E-state index in [1.54, 1.807) is 6.92 Å². The normalized spacial score (nSPS) is 27.6. The van der Waals surface area contributed by atoms with E-state index in [9.17, 15) is 14.4 Å². The zero-order valence-electron chi connectivity index (χ0n) is 15.2. The van der Waals surface area contributed by atoms with E-state index >= 15 is 0 Å². The second-order valence-corrected chi connectivity index (χ2v) is 7.69. The van der Waals surface area contributed by atoms with E-state index in [-0.39, 0.29) is 17.9 Å². The van der Waals surface area contributed by atoms with Crippen LogP contribution in [0.15, 0.2) is 0 Å². The molecule has 4 amide bonds. The topological polar surface area (TPSA) is 87.7 Å². The number of nitrogens with one attached hydrogen (secondary N) is 2. The highest BCUT2D eigenvalue weighted by Crippen LogP contribution is 2.35. The molecule has 7 nitrogen and oxygen atoms in total. The van der Waals surface area contributed by atoms with Crippen molar-refractivity contribution in [2.75, 3.05) is 6.61 Å². The smallest absolute Gasteiger partial charge is 0.325 e. The first-order chi connectivity index (χ1) is 11.9. The molecule has 0 aromatic heterocycles. The van der Waals surface area contributed by atoms with Gasteiger partial charge in [-0.15, -0.1) is 0 Å². The van der Waals surface area contributed by atoms with Crippen molar-refractivity contribution in [3.8, 4) is 0 Å². The highest BCUT2D eigenvalue weighted by molar-refractivity contribution is 6.09. The predicted octanol–water partition coefficient (Wildman–Crippen LogP) is 1.70. The van der Waals surface area contributed by atoms with Gasteiger partial charge in [0.05, 0.1) is 6.10 Å². The Bertz CT molecular complexity index is 538. The number of hydrogen-bond donors (Lipinski definition) is 2. The molecule has 25 heavy (non-hydrogen) atoms. The Morgan fingerprint density at radius 3 is 2.68 bits per heavy atom. The Morgan fingerprint density at radius 1 is 1.32 bits per heavy atom. The van der Waals surface area contributed by atoms with Crippen LogP contribution in [0.2, 0.25) is 0 Å². The number of urea groups is 1. The summed E-state index contributed by atoms with van der Waals surface area (Å²) in [5.74, 6) is -0.525. The van der Waals surface area contributed by atoms with Crippen LogP contribution in [0.4, 0.5) is 4.79 Å². The quantitative estimate of drug-likeness (QED) is 0.713. The van der Waals surface area contributed by atoms with Crippen molar-refractivity contribution < 1.29 is 19.1 Å². The van der Waals surface area contributed by atoms with Crippen molar-refractivity contribution in [3.05, 3.63) is 0 Å². The van der Waals surface area contributed by atoms with Crippen LogP contribution in [0.1, 0.15) is 65.2 Å². The molecule has 3 unspecified atom stereocenters. The van der Waals surface area contributed by atoms with Gasteiger partial charge in [0.2, 0.25) is 5.91 Å². The van der Waals surface area contributed by atoms with Gasteiger partial charge >= 0.3 is 6.03 Å². The number of ether oxygens (including phenoxy) is 1. The van der Waals surface area contributed by atoms with E-state index in [0.717, 1.165) is 50.0 Å². The van der Waals surface area contributed by atoms with Crippen LogP contribution >= 0.6 is 0 Å². The van der Waals surface area contributed by atoms with Gasteiger partial charge in [-0.25, -0.2) is 9.69 Å². The van der Waals surface area contributed by atoms with Crippen LogP contribution in [-0.2, 0) is 14.3 Å². The Labute approximate surface area is 148 Å². The van der Waals surface area contributed by atoms with E-state index < -0.39 is 17.6 Å². The molecular weight excluding hydrogens is 322 g/mol. The third-order valence-electron chi connectivity index (χ3n) is 5.75. The predicted molar refractivity (Wildman–Crippen MR) is 91.9 cm³/mol. The van der Waals surface area contributed by atoms with Crippen LogP contribution in [0, 0.1) is 0 Å². The summed E-state index contributed by atoms with van der Waals surface area (Å²) >= 11 is 0. The van der Waals surface area contributed by atoms with Crippen molar-refractivity contribution in [2.24, 2.45) is 0 Å². The maximum atomic E-state index is 12.7. The molecule has 1 saturated carbocycles. The monoisotopic (exact) mass is 351 g/mol. The summed E-state index contributed by atoms with van der Waals surface area (Å²) in [5.41, 5.74) is -0.767. The van der Waals surface area contributed by atoms with Gasteiger partial charge in [0, 0.05) is 12.6 Å². The van der Waals surface area contributed by atoms with Crippen LogP contribution in [0.5, 0.6) is 0 Å². The molecule has 2 saturated heterocycles. The average Bonchev–Trinajstić information content (AvgIpc) is 3.29. The minimum Gasteiger partial charge on any atom is -0.378 e. The van der Waals surface area contributed by atoms with Crippen LogP contribution in [0.3, 0.4) is 0 Å². The lowest BCUT2D eigenvalue weighted by Gasteiger charge is -2.25. The van der Waals surface area contributed by atoms with Crippen molar-refractivity contribution in [3.63, 3.8) is 0 Å². The Balaban J connectivity index is 1.52. The minimum absolute atomic E-state index is 0.0136. The molecule has 0 aromatic rings. The summed E-state index contributed by atoms with van der Waals surface area (Å²) in [5, 5.41) is 5.75. The van der Waals surface area contributed by atoms with Crippen LogP contribution < -0.4 is 10.6 Å². The number of imide groups is 1. The van der Waals surface area contributed by atoms with Gasteiger partial charge in [0.25, 0.3) is 5.91 Å². The molecule has 0 aromatic carbocycles. The molecule has 140 valence electrons. The molecule has 3 rings (SSSR count). The number of nitrogens with zero attached hydrogens (tertiary/aromatic N) is 1. The fourth-order valence-corrected chi connectivity index (χ4v) is 4.17. The molecule has 2 N–H and O–H groups in total. The van der Waals surface area contributed by atoms with Gasteiger partial charge in [-0.2, -0.15) is 0 Å². The average molecular weight is 351 g/mol. The van der Waals surface area contributed by atoms with Gasteiger partial charge in [-0.05, 0) is 52.4 Å². The summed E-state index contributed by atoms with van der Waals surface area (Å²) in [7, 11) is 0. The molecule has 2 aliphatic heterocycles. The number of hydrogen-bond acceptors (Lipinski definition) is 4. The van der Waals surface area contributed by atoms with Crippen molar-refractivity contribution in [2.45, 2.75) is 88.9 Å². The Hall–Kier alpha value is -1.63. The van der Waals surface area contributed by atoms with Crippen molar-refractivity contribution in [1.82, 2.24) is 15.5 Å². The largest absolute Gasteiger partial charge is 0.378 e. The van der Waals surface area contributed by atoms with Crippen LogP contribution in [-0.4, -0.2) is 53.1 Å². The summed E-state index contributed by atoms with van der Waals surface area (Å²) in [4.78, 5) is 38.6. The molecular formula is C18H29N3O4. The van der Waals surface area contributed by atoms with Gasteiger partial charge in [0.15, 0.2) is 0 Å². The molecule has 0 bridgehead atoms. The number of carbonyl (C=O) groups is 3. The van der Waals surface area contributed by atoms with E-state index in [1.165, 1.54) is 0 Å². The lowest BCUT2D eigenvalue weighted by molar-refractivity contribution is -0.138. The first kappa shape index (κ1) is 18.2. The molecule has 2 heterocycles. The zero-order chi connectivity index (χ0) is 18.0. The zero-order valence-corrected chi connectivity index (χ0v) is 15.2. The van der Waals surface area contributed by atoms with E-state index in [0.29, 0.717) is 18.9 Å². The van der Waals surface area contributed by atoms with Crippen molar-refractivity contribution >= 4 is 17.8 Å². The van der Waals surface area contributed by atoms with Gasteiger partial charge < -0.3 is 15.4 Å². The summed E-state index contributed by atoms with van der Waals surface area (Å²) in [6.45, 7) is 4.40. The molecule has 3 fully saturated rings. The van der Waals surface area contributed by atoms with Gasteiger partial charge in [-0.1, -0.05) is 12.8 Å². The number of carbonyl (C=O) groups excluding carboxylic acids is 3. The fourth-order valence-electron chi connectivity index (χ4n) is 4.17. The van der Waals surface area contributed by atoms with Gasteiger partial charge in [0.1, 0.15) is 11.6 Å². The first-order valence-electron chi connectivity index (χ1n) is 9.51. The third-order valence-corrected chi connectivity index (χ3v) is 5.75. The second kappa shape index (κ2) is 7.32.